The predicted molar refractivity (Wildman–Crippen MR) is 54.5 cm³/mol. The Labute approximate surface area is 83.6 Å². The first kappa shape index (κ1) is 11.1. The summed E-state index contributed by atoms with van der Waals surface area (Å²) in [5, 5.41) is 8.86. The second-order valence-electron chi connectivity index (χ2n) is 3.76. The summed E-state index contributed by atoms with van der Waals surface area (Å²) in [7, 11) is 0. The van der Waals surface area contributed by atoms with Crippen LogP contribution in [0, 0.1) is 5.82 Å². The first-order valence-corrected chi connectivity index (χ1v) is 4.71. The quantitative estimate of drug-likeness (QED) is 0.777. The van der Waals surface area contributed by atoms with Crippen molar-refractivity contribution in [3.05, 3.63) is 35.1 Å². The van der Waals surface area contributed by atoms with E-state index in [1.807, 2.05) is 19.9 Å². The Morgan fingerprint density at radius 1 is 1.29 bits per heavy atom. The number of halogens is 1. The number of benzene rings is 1. The lowest BCUT2D eigenvalue weighted by Gasteiger charge is -2.12. The van der Waals surface area contributed by atoms with E-state index in [1.165, 1.54) is 12.1 Å². The van der Waals surface area contributed by atoms with Crippen molar-refractivity contribution < 1.29 is 9.50 Å². The first-order chi connectivity index (χ1) is 6.54. The van der Waals surface area contributed by atoms with Gasteiger partial charge in [-0.05, 0) is 29.2 Å². The van der Waals surface area contributed by atoms with Gasteiger partial charge in [-0.2, -0.15) is 0 Å². The molecule has 0 aromatic heterocycles. The second kappa shape index (κ2) is 4.53. The molecule has 0 aliphatic heterocycles. The fraction of sp³-hybridized carbons (Fsp3) is 0.455. The molecule has 2 nitrogen and oxygen atoms in total. The Morgan fingerprint density at radius 2 is 1.86 bits per heavy atom. The van der Waals surface area contributed by atoms with Crippen LogP contribution < -0.4 is 5.73 Å². The summed E-state index contributed by atoms with van der Waals surface area (Å²) in [6.07, 6.45) is 0. The average Bonchev–Trinajstić information content (AvgIpc) is 2.15. The lowest BCUT2D eigenvalue weighted by molar-refractivity contribution is 0.267. The third-order valence-corrected chi connectivity index (χ3v) is 2.23. The lowest BCUT2D eigenvalue weighted by Crippen LogP contribution is -2.15. The van der Waals surface area contributed by atoms with E-state index in [1.54, 1.807) is 0 Å². The van der Waals surface area contributed by atoms with Crippen LogP contribution in [0.15, 0.2) is 18.2 Å². The molecule has 0 fully saturated rings. The van der Waals surface area contributed by atoms with Crippen molar-refractivity contribution in [1.82, 2.24) is 0 Å². The second-order valence-corrected chi connectivity index (χ2v) is 3.76. The maximum Gasteiger partial charge on any atom is 0.123 e. The fourth-order valence-corrected chi connectivity index (χ4v) is 1.29. The highest BCUT2D eigenvalue weighted by molar-refractivity contribution is 5.28. The molecular formula is C11H16FNO. The number of hydrogen-bond donors (Lipinski definition) is 2. The standard InChI is InChI=1S/C11H16FNO/c1-7(2)8-3-9(11(13)6-14)5-10(12)4-8/h3-5,7,11,14H,6,13H2,1-2H3. The minimum absolute atomic E-state index is 0.166. The summed E-state index contributed by atoms with van der Waals surface area (Å²) in [4.78, 5) is 0. The van der Waals surface area contributed by atoms with Crippen LogP contribution in [0.3, 0.4) is 0 Å². The molecule has 1 aromatic rings. The Kier molecular flexibility index (Phi) is 3.61. The molecule has 0 aliphatic rings. The van der Waals surface area contributed by atoms with Gasteiger partial charge >= 0.3 is 0 Å². The molecule has 0 saturated heterocycles. The van der Waals surface area contributed by atoms with Crippen LogP contribution in [-0.2, 0) is 0 Å². The lowest BCUT2D eigenvalue weighted by atomic mass is 9.98. The largest absolute Gasteiger partial charge is 0.394 e. The summed E-state index contributed by atoms with van der Waals surface area (Å²) in [6, 6.07) is 4.21. The highest BCUT2D eigenvalue weighted by Crippen LogP contribution is 2.20. The Hall–Kier alpha value is -0.930. The summed E-state index contributed by atoms with van der Waals surface area (Å²) < 4.78 is 13.1. The van der Waals surface area contributed by atoms with Crippen molar-refractivity contribution >= 4 is 0 Å². The van der Waals surface area contributed by atoms with E-state index in [2.05, 4.69) is 0 Å². The van der Waals surface area contributed by atoms with Crippen molar-refractivity contribution in [2.75, 3.05) is 6.61 Å². The zero-order chi connectivity index (χ0) is 10.7. The van der Waals surface area contributed by atoms with Crippen molar-refractivity contribution in [3.8, 4) is 0 Å². The molecule has 0 radical (unpaired) electrons. The van der Waals surface area contributed by atoms with Gasteiger partial charge in [-0.3, -0.25) is 0 Å². The van der Waals surface area contributed by atoms with Gasteiger partial charge in [0.05, 0.1) is 12.6 Å². The van der Waals surface area contributed by atoms with Gasteiger partial charge in [-0.1, -0.05) is 19.9 Å². The highest BCUT2D eigenvalue weighted by Gasteiger charge is 2.09. The van der Waals surface area contributed by atoms with Gasteiger partial charge in [0.1, 0.15) is 5.82 Å². The molecule has 0 saturated carbocycles. The molecule has 1 unspecified atom stereocenters. The minimum atomic E-state index is -0.497. The van der Waals surface area contributed by atoms with Gasteiger partial charge in [0.25, 0.3) is 0 Å². The van der Waals surface area contributed by atoms with E-state index in [9.17, 15) is 4.39 Å². The Bertz CT molecular complexity index is 312. The van der Waals surface area contributed by atoms with Crippen molar-refractivity contribution in [3.63, 3.8) is 0 Å². The van der Waals surface area contributed by atoms with E-state index >= 15 is 0 Å². The smallest absolute Gasteiger partial charge is 0.123 e. The normalized spacial score (nSPS) is 13.3. The number of hydrogen-bond acceptors (Lipinski definition) is 2. The highest BCUT2D eigenvalue weighted by atomic mass is 19.1. The van der Waals surface area contributed by atoms with Gasteiger partial charge in [0.2, 0.25) is 0 Å². The maximum absolute atomic E-state index is 13.1. The van der Waals surface area contributed by atoms with E-state index in [0.29, 0.717) is 5.56 Å². The van der Waals surface area contributed by atoms with Crippen LogP contribution in [0.25, 0.3) is 0 Å². The predicted octanol–water partition coefficient (Wildman–Crippen LogP) is 1.94. The molecule has 3 N–H and O–H groups in total. The molecule has 1 rings (SSSR count). The van der Waals surface area contributed by atoms with Crippen LogP contribution in [0.5, 0.6) is 0 Å². The molecule has 0 amide bonds. The number of aliphatic hydroxyl groups excluding tert-OH is 1. The first-order valence-electron chi connectivity index (χ1n) is 4.71. The molecule has 1 atom stereocenters. The third-order valence-electron chi connectivity index (χ3n) is 2.23. The molecule has 0 aliphatic carbocycles. The molecule has 3 heteroatoms. The van der Waals surface area contributed by atoms with E-state index in [4.69, 9.17) is 10.8 Å². The Balaban J connectivity index is 3.07. The number of rotatable bonds is 3. The molecule has 78 valence electrons. The zero-order valence-corrected chi connectivity index (χ0v) is 8.50. The maximum atomic E-state index is 13.1. The summed E-state index contributed by atoms with van der Waals surface area (Å²) >= 11 is 0. The number of aliphatic hydroxyl groups is 1. The summed E-state index contributed by atoms with van der Waals surface area (Å²) in [5.74, 6) is -0.0366. The minimum Gasteiger partial charge on any atom is -0.394 e. The monoisotopic (exact) mass is 197 g/mol. The Morgan fingerprint density at radius 3 is 2.36 bits per heavy atom. The van der Waals surface area contributed by atoms with Crippen LogP contribution in [0.2, 0.25) is 0 Å². The van der Waals surface area contributed by atoms with Gasteiger partial charge in [0.15, 0.2) is 0 Å². The average molecular weight is 197 g/mol. The molecule has 0 bridgehead atoms. The van der Waals surface area contributed by atoms with Crippen LogP contribution in [-0.4, -0.2) is 11.7 Å². The third kappa shape index (κ3) is 2.53. The van der Waals surface area contributed by atoms with Gasteiger partial charge in [-0.25, -0.2) is 4.39 Å². The summed E-state index contributed by atoms with van der Waals surface area (Å²) in [6.45, 7) is 3.81. The zero-order valence-electron chi connectivity index (χ0n) is 8.50. The molecule has 0 heterocycles. The van der Waals surface area contributed by atoms with E-state index in [-0.39, 0.29) is 18.3 Å². The van der Waals surface area contributed by atoms with Crippen molar-refractivity contribution in [2.24, 2.45) is 5.73 Å². The van der Waals surface area contributed by atoms with Gasteiger partial charge in [-0.15, -0.1) is 0 Å². The van der Waals surface area contributed by atoms with Gasteiger partial charge < -0.3 is 10.8 Å². The van der Waals surface area contributed by atoms with Crippen molar-refractivity contribution in [2.45, 2.75) is 25.8 Å². The van der Waals surface area contributed by atoms with Crippen LogP contribution >= 0.6 is 0 Å². The SMILES string of the molecule is CC(C)c1cc(F)cc(C(N)CO)c1. The molecular weight excluding hydrogens is 181 g/mol. The van der Waals surface area contributed by atoms with E-state index < -0.39 is 6.04 Å². The molecule has 1 aromatic carbocycles. The van der Waals surface area contributed by atoms with E-state index in [0.717, 1.165) is 5.56 Å². The van der Waals surface area contributed by atoms with Crippen LogP contribution in [0.4, 0.5) is 4.39 Å². The number of nitrogens with two attached hydrogens (primary N) is 1. The van der Waals surface area contributed by atoms with Crippen molar-refractivity contribution in [1.29, 1.82) is 0 Å². The molecule has 14 heavy (non-hydrogen) atoms. The molecule has 0 spiro atoms. The van der Waals surface area contributed by atoms with Gasteiger partial charge in [0, 0.05) is 0 Å². The topological polar surface area (TPSA) is 46.2 Å². The summed E-state index contributed by atoms with van der Waals surface area (Å²) in [5.41, 5.74) is 7.17. The fourth-order valence-electron chi connectivity index (χ4n) is 1.29. The van der Waals surface area contributed by atoms with Crippen LogP contribution in [0.1, 0.15) is 36.9 Å².